The van der Waals surface area contributed by atoms with Gasteiger partial charge in [0.1, 0.15) is 5.00 Å². The van der Waals surface area contributed by atoms with Crippen molar-refractivity contribution >= 4 is 45.7 Å². The summed E-state index contributed by atoms with van der Waals surface area (Å²) in [4.78, 5) is 40.9. The second-order valence-electron chi connectivity index (χ2n) is 7.31. The van der Waals surface area contributed by atoms with Crippen LogP contribution in [-0.4, -0.2) is 67.4 Å². The Morgan fingerprint density at radius 3 is 2.42 bits per heavy atom. The number of primary amides is 1. The molecule has 1 aromatic carbocycles. The third-order valence-electron chi connectivity index (χ3n) is 5.20. The molecule has 1 aromatic heterocycles. The zero-order valence-electron chi connectivity index (χ0n) is 17.4. The number of anilines is 1. The fourth-order valence-electron chi connectivity index (χ4n) is 3.53. The summed E-state index contributed by atoms with van der Waals surface area (Å²) in [5, 5.41) is 3.78. The summed E-state index contributed by atoms with van der Waals surface area (Å²) in [6.07, 6.45) is 0. The molecule has 1 fully saturated rings. The van der Waals surface area contributed by atoms with E-state index in [2.05, 4.69) is 10.2 Å². The Morgan fingerprint density at radius 2 is 1.81 bits per heavy atom. The summed E-state index contributed by atoms with van der Waals surface area (Å²) < 4.78 is 4.79. The van der Waals surface area contributed by atoms with Crippen LogP contribution < -0.4 is 11.1 Å². The number of piperazine rings is 1. The van der Waals surface area contributed by atoms with Crippen molar-refractivity contribution in [1.82, 2.24) is 9.80 Å². The van der Waals surface area contributed by atoms with E-state index in [-0.39, 0.29) is 27.9 Å². The number of methoxy groups -OCH3 is 1. The van der Waals surface area contributed by atoms with E-state index in [4.69, 9.17) is 22.1 Å². The molecule has 1 saturated heterocycles. The van der Waals surface area contributed by atoms with Gasteiger partial charge in [-0.1, -0.05) is 29.8 Å². The van der Waals surface area contributed by atoms with Gasteiger partial charge in [0.2, 0.25) is 5.91 Å². The molecule has 2 aromatic rings. The molecule has 1 aliphatic rings. The minimum atomic E-state index is -0.650. The maximum absolute atomic E-state index is 12.6. The molecule has 8 nitrogen and oxygen atoms in total. The van der Waals surface area contributed by atoms with E-state index in [0.717, 1.165) is 54.6 Å². The minimum Gasteiger partial charge on any atom is -0.465 e. The number of rotatable bonds is 7. The number of esters is 1. The molecule has 0 atom stereocenters. The molecule has 0 spiro atoms. The molecule has 166 valence electrons. The molecule has 3 rings (SSSR count). The number of nitrogens with zero attached hydrogens (tertiary/aromatic N) is 2. The summed E-state index contributed by atoms with van der Waals surface area (Å²) in [6.45, 7) is 5.66. The van der Waals surface area contributed by atoms with Crippen LogP contribution in [0.25, 0.3) is 0 Å². The highest BCUT2D eigenvalue weighted by Crippen LogP contribution is 2.33. The van der Waals surface area contributed by atoms with Crippen molar-refractivity contribution in [2.24, 2.45) is 5.73 Å². The van der Waals surface area contributed by atoms with Gasteiger partial charge in [0, 0.05) is 37.7 Å². The number of hydrogen-bond donors (Lipinski definition) is 2. The first-order valence-electron chi connectivity index (χ1n) is 9.79. The summed E-state index contributed by atoms with van der Waals surface area (Å²) >= 11 is 7.23. The highest BCUT2D eigenvalue weighted by atomic mass is 35.5. The number of carbonyl (C=O) groups is 3. The number of carbonyl (C=O) groups excluding carboxylic acids is 3. The zero-order chi connectivity index (χ0) is 22.5. The number of benzene rings is 1. The second-order valence-corrected chi connectivity index (χ2v) is 8.74. The molecule has 3 N–H and O–H groups in total. The van der Waals surface area contributed by atoms with Gasteiger partial charge in [-0.15, -0.1) is 11.3 Å². The lowest BCUT2D eigenvalue weighted by atomic mass is 10.1. The molecule has 10 heteroatoms. The van der Waals surface area contributed by atoms with E-state index >= 15 is 0 Å². The zero-order valence-corrected chi connectivity index (χ0v) is 19.0. The normalized spacial score (nSPS) is 14.9. The van der Waals surface area contributed by atoms with Gasteiger partial charge in [0.25, 0.3) is 5.91 Å². The molecule has 0 saturated carbocycles. The molecule has 0 aliphatic carbocycles. The Balaban J connectivity index is 1.57. The fourth-order valence-corrected chi connectivity index (χ4v) is 4.79. The van der Waals surface area contributed by atoms with E-state index in [1.54, 1.807) is 6.92 Å². The maximum atomic E-state index is 12.6. The van der Waals surface area contributed by atoms with Gasteiger partial charge in [-0.2, -0.15) is 0 Å². The van der Waals surface area contributed by atoms with Crippen LogP contribution in [-0.2, 0) is 16.1 Å². The monoisotopic (exact) mass is 464 g/mol. The maximum Gasteiger partial charge on any atom is 0.341 e. The van der Waals surface area contributed by atoms with Gasteiger partial charge in [-0.25, -0.2) is 4.79 Å². The third-order valence-corrected chi connectivity index (χ3v) is 6.79. The topological polar surface area (TPSA) is 105 Å². The van der Waals surface area contributed by atoms with Crippen LogP contribution >= 0.6 is 22.9 Å². The van der Waals surface area contributed by atoms with Gasteiger partial charge < -0.3 is 15.8 Å². The van der Waals surface area contributed by atoms with E-state index in [1.807, 2.05) is 29.2 Å². The first-order valence-corrected chi connectivity index (χ1v) is 11.0. The summed E-state index contributed by atoms with van der Waals surface area (Å²) in [7, 11) is 1.25. The number of ether oxygens (including phenoxy) is 1. The molecule has 2 heterocycles. The highest BCUT2D eigenvalue weighted by Gasteiger charge is 2.26. The van der Waals surface area contributed by atoms with Crippen molar-refractivity contribution in [3.8, 4) is 0 Å². The van der Waals surface area contributed by atoms with Crippen LogP contribution in [0.4, 0.5) is 5.00 Å². The van der Waals surface area contributed by atoms with E-state index < -0.39 is 11.9 Å². The lowest BCUT2D eigenvalue weighted by Crippen LogP contribution is -2.48. The van der Waals surface area contributed by atoms with Gasteiger partial charge >= 0.3 is 5.97 Å². The number of halogens is 1. The number of nitrogens with two attached hydrogens (primary N) is 1. The van der Waals surface area contributed by atoms with Gasteiger partial charge in [0.15, 0.2) is 0 Å². The average Bonchev–Trinajstić information content (AvgIpc) is 3.06. The number of thiophene rings is 1. The van der Waals surface area contributed by atoms with Crippen molar-refractivity contribution in [3.05, 3.63) is 50.9 Å². The van der Waals surface area contributed by atoms with Crippen LogP contribution in [0.1, 0.15) is 31.2 Å². The second kappa shape index (κ2) is 10.2. The summed E-state index contributed by atoms with van der Waals surface area (Å²) in [6, 6.07) is 7.79. The van der Waals surface area contributed by atoms with E-state index in [1.165, 1.54) is 7.11 Å². The predicted molar refractivity (Wildman–Crippen MR) is 121 cm³/mol. The Kier molecular flexibility index (Phi) is 7.66. The van der Waals surface area contributed by atoms with Gasteiger partial charge in [0.05, 0.1) is 24.1 Å². The lowest BCUT2D eigenvalue weighted by molar-refractivity contribution is -0.117. The quantitative estimate of drug-likeness (QED) is 0.609. The average molecular weight is 465 g/mol. The Bertz CT molecular complexity index is 986. The molecular formula is C21H25ClN4O4S. The van der Waals surface area contributed by atoms with Crippen molar-refractivity contribution in [2.45, 2.75) is 13.5 Å². The molecule has 0 bridgehead atoms. The Morgan fingerprint density at radius 1 is 1.16 bits per heavy atom. The molecule has 0 radical (unpaired) electrons. The highest BCUT2D eigenvalue weighted by molar-refractivity contribution is 7.18. The van der Waals surface area contributed by atoms with Gasteiger partial charge in [-0.05, 0) is 24.1 Å². The largest absolute Gasteiger partial charge is 0.465 e. The van der Waals surface area contributed by atoms with Crippen molar-refractivity contribution in [2.75, 3.05) is 45.2 Å². The van der Waals surface area contributed by atoms with Crippen LogP contribution in [0, 0.1) is 6.92 Å². The SMILES string of the molecule is COC(=O)c1c(NC(=O)CN2CCN(Cc3ccccc3Cl)CC2)sc(C(N)=O)c1C. The first kappa shape index (κ1) is 23.2. The van der Waals surface area contributed by atoms with Crippen molar-refractivity contribution in [1.29, 1.82) is 0 Å². The Labute approximate surface area is 189 Å². The van der Waals surface area contributed by atoms with Crippen molar-refractivity contribution < 1.29 is 19.1 Å². The summed E-state index contributed by atoms with van der Waals surface area (Å²) in [5.74, 6) is -1.53. The third kappa shape index (κ3) is 5.62. The fraction of sp³-hybridized carbons (Fsp3) is 0.381. The minimum absolute atomic E-state index is 0.166. The van der Waals surface area contributed by atoms with Crippen LogP contribution in [0.3, 0.4) is 0 Å². The standard InChI is InChI=1S/C21H25ClN4O4S/c1-13-17(21(29)30-2)20(31-18(13)19(23)28)24-16(27)12-26-9-7-25(8-10-26)11-14-5-3-4-6-15(14)22/h3-6H,7-12H2,1-2H3,(H2,23,28)(H,24,27). The smallest absolute Gasteiger partial charge is 0.341 e. The number of nitrogens with one attached hydrogen (secondary N) is 1. The van der Waals surface area contributed by atoms with E-state index in [0.29, 0.717) is 5.56 Å². The van der Waals surface area contributed by atoms with E-state index in [9.17, 15) is 14.4 Å². The van der Waals surface area contributed by atoms with Crippen LogP contribution in [0.2, 0.25) is 5.02 Å². The Hall–Kier alpha value is -2.46. The van der Waals surface area contributed by atoms with Crippen LogP contribution in [0.5, 0.6) is 0 Å². The summed E-state index contributed by atoms with van der Waals surface area (Å²) in [5.41, 5.74) is 7.04. The molecular weight excluding hydrogens is 440 g/mol. The molecule has 1 aliphatic heterocycles. The first-order chi connectivity index (χ1) is 14.8. The number of amides is 2. The van der Waals surface area contributed by atoms with Gasteiger partial charge in [-0.3, -0.25) is 19.4 Å². The predicted octanol–water partition coefficient (Wildman–Crippen LogP) is 2.35. The van der Waals surface area contributed by atoms with Crippen molar-refractivity contribution in [3.63, 3.8) is 0 Å². The van der Waals surface area contributed by atoms with Crippen LogP contribution in [0.15, 0.2) is 24.3 Å². The lowest BCUT2D eigenvalue weighted by Gasteiger charge is -2.34. The number of hydrogen-bond acceptors (Lipinski definition) is 7. The molecule has 31 heavy (non-hydrogen) atoms. The molecule has 0 unspecified atom stereocenters. The molecule has 2 amide bonds.